The number of fused-ring (bicyclic) bond motifs is 1. The Kier molecular flexibility index (Phi) is 5.58. The molecule has 3 aromatic carbocycles. The van der Waals surface area contributed by atoms with Gasteiger partial charge < -0.3 is 15.0 Å². The Bertz CT molecular complexity index is 1140. The van der Waals surface area contributed by atoms with E-state index in [0.717, 1.165) is 23.1 Å². The van der Waals surface area contributed by atoms with Gasteiger partial charge in [0.15, 0.2) is 0 Å². The van der Waals surface area contributed by atoms with Gasteiger partial charge in [-0.15, -0.1) is 0 Å². The lowest BCUT2D eigenvalue weighted by atomic mass is 9.97. The minimum absolute atomic E-state index is 0.101. The van der Waals surface area contributed by atoms with Crippen LogP contribution in [0, 0.1) is 12.7 Å². The lowest BCUT2D eigenvalue weighted by molar-refractivity contribution is -0.139. The van der Waals surface area contributed by atoms with E-state index < -0.39 is 17.6 Å². The van der Waals surface area contributed by atoms with Crippen LogP contribution in [0.4, 0.5) is 28.9 Å². The van der Waals surface area contributed by atoms with Crippen molar-refractivity contribution in [1.29, 1.82) is 0 Å². The largest absolute Gasteiger partial charge is 0.419 e. The fourth-order valence-electron chi connectivity index (χ4n) is 3.79. The Labute approximate surface area is 176 Å². The summed E-state index contributed by atoms with van der Waals surface area (Å²) in [5.41, 5.74) is 0.682. The summed E-state index contributed by atoms with van der Waals surface area (Å²) in [6, 6.07) is 11.6. The molecule has 1 aliphatic rings. The van der Waals surface area contributed by atoms with Gasteiger partial charge in [0.2, 0.25) is 0 Å². The van der Waals surface area contributed by atoms with E-state index in [1.807, 2.05) is 19.1 Å². The molecule has 0 aliphatic carbocycles. The maximum Gasteiger partial charge on any atom is 0.419 e. The molecular weight excluding hydrogens is 412 g/mol. The Morgan fingerprint density at radius 2 is 1.81 bits per heavy atom. The molecule has 1 saturated heterocycles. The molecule has 4 rings (SSSR count). The summed E-state index contributed by atoms with van der Waals surface area (Å²) in [5, 5.41) is 4.36. The number of hydrogen-bond acceptors (Lipinski definition) is 3. The third-order valence-electron chi connectivity index (χ3n) is 5.33. The number of rotatable bonds is 3. The van der Waals surface area contributed by atoms with Gasteiger partial charge in [0.25, 0.3) is 5.91 Å². The van der Waals surface area contributed by atoms with E-state index in [0.29, 0.717) is 42.9 Å². The minimum Gasteiger partial charge on any atom is -0.378 e. The minimum atomic E-state index is -4.80. The topological polar surface area (TPSA) is 41.6 Å². The van der Waals surface area contributed by atoms with Crippen molar-refractivity contribution in [2.75, 3.05) is 31.6 Å². The molecule has 4 nitrogen and oxygen atoms in total. The first-order valence-electron chi connectivity index (χ1n) is 9.79. The highest BCUT2D eigenvalue weighted by Crippen LogP contribution is 2.36. The lowest BCUT2D eigenvalue weighted by Gasteiger charge is -2.27. The van der Waals surface area contributed by atoms with E-state index in [9.17, 15) is 22.4 Å². The highest BCUT2D eigenvalue weighted by atomic mass is 19.4. The van der Waals surface area contributed by atoms with Crippen molar-refractivity contribution in [3.8, 4) is 0 Å². The molecule has 0 atom stereocenters. The van der Waals surface area contributed by atoms with E-state index in [4.69, 9.17) is 4.74 Å². The summed E-state index contributed by atoms with van der Waals surface area (Å²) < 4.78 is 58.2. The maximum atomic E-state index is 13.6. The number of aryl methyl sites for hydroxylation is 1. The predicted octanol–water partition coefficient (Wildman–Crippen LogP) is 5.52. The van der Waals surface area contributed by atoms with Gasteiger partial charge in [-0.05, 0) is 48.2 Å². The van der Waals surface area contributed by atoms with Crippen LogP contribution in [0.5, 0.6) is 0 Å². The molecule has 1 aliphatic heterocycles. The van der Waals surface area contributed by atoms with Gasteiger partial charge in [-0.3, -0.25) is 4.79 Å². The maximum absolute atomic E-state index is 13.6. The van der Waals surface area contributed by atoms with Crippen LogP contribution in [0.2, 0.25) is 0 Å². The van der Waals surface area contributed by atoms with Gasteiger partial charge in [-0.1, -0.05) is 18.2 Å². The monoisotopic (exact) mass is 432 g/mol. The molecule has 0 bridgehead atoms. The zero-order chi connectivity index (χ0) is 22.2. The van der Waals surface area contributed by atoms with E-state index in [-0.39, 0.29) is 11.6 Å². The van der Waals surface area contributed by atoms with Crippen LogP contribution >= 0.6 is 0 Å². The molecule has 0 saturated carbocycles. The van der Waals surface area contributed by atoms with E-state index in [1.54, 1.807) is 23.1 Å². The number of carbonyl (C=O) groups excluding carboxylic acids is 1. The van der Waals surface area contributed by atoms with Crippen molar-refractivity contribution < 1.29 is 27.1 Å². The normalized spacial score (nSPS) is 14.7. The third-order valence-corrected chi connectivity index (χ3v) is 5.33. The number of halogens is 4. The number of ether oxygens (including phenoxy) is 1. The van der Waals surface area contributed by atoms with Crippen LogP contribution in [-0.4, -0.2) is 37.1 Å². The number of amides is 1. The average molecular weight is 432 g/mol. The molecule has 31 heavy (non-hydrogen) atoms. The number of benzene rings is 3. The molecule has 0 aromatic heterocycles. The molecule has 1 fully saturated rings. The Hall–Kier alpha value is -3.13. The van der Waals surface area contributed by atoms with Gasteiger partial charge in [0.05, 0.1) is 18.8 Å². The molecule has 3 aromatic rings. The van der Waals surface area contributed by atoms with Crippen LogP contribution in [-0.2, 0) is 10.9 Å². The highest BCUT2D eigenvalue weighted by molar-refractivity contribution is 6.11. The fourth-order valence-corrected chi connectivity index (χ4v) is 3.79. The zero-order valence-electron chi connectivity index (χ0n) is 16.7. The lowest BCUT2D eigenvalue weighted by Crippen LogP contribution is -2.40. The Morgan fingerprint density at radius 1 is 1.06 bits per heavy atom. The number of morpholine rings is 1. The second kappa shape index (κ2) is 8.19. The number of hydrogen-bond donors (Lipinski definition) is 1. The molecular formula is C23H20F4N2O2. The van der Waals surface area contributed by atoms with Crippen molar-refractivity contribution in [3.63, 3.8) is 0 Å². The first-order chi connectivity index (χ1) is 14.8. The smallest absolute Gasteiger partial charge is 0.378 e. The SMILES string of the molecule is Cc1cccc2c(Nc3ccc(F)c(C(F)(F)F)c3)ccc(C(=O)N3CCOCC3)c12. The van der Waals surface area contributed by atoms with Gasteiger partial charge in [-0.25, -0.2) is 4.39 Å². The van der Waals surface area contributed by atoms with Crippen molar-refractivity contribution in [2.24, 2.45) is 0 Å². The van der Waals surface area contributed by atoms with Crippen molar-refractivity contribution in [1.82, 2.24) is 4.90 Å². The second-order valence-corrected chi connectivity index (χ2v) is 7.38. The fraction of sp³-hybridized carbons (Fsp3) is 0.261. The van der Waals surface area contributed by atoms with Gasteiger partial charge in [-0.2, -0.15) is 13.2 Å². The molecule has 1 amide bonds. The summed E-state index contributed by atoms with van der Waals surface area (Å²) in [5.74, 6) is -1.44. The summed E-state index contributed by atoms with van der Waals surface area (Å²) in [6.45, 7) is 3.84. The number of anilines is 2. The molecule has 162 valence electrons. The van der Waals surface area contributed by atoms with Crippen LogP contribution in [0.1, 0.15) is 21.5 Å². The highest BCUT2D eigenvalue weighted by Gasteiger charge is 2.34. The Balaban J connectivity index is 1.76. The third kappa shape index (κ3) is 4.20. The second-order valence-electron chi connectivity index (χ2n) is 7.38. The van der Waals surface area contributed by atoms with Gasteiger partial charge in [0.1, 0.15) is 5.82 Å². The molecule has 8 heteroatoms. The molecule has 0 unspecified atom stereocenters. The first-order valence-corrected chi connectivity index (χ1v) is 9.79. The Morgan fingerprint density at radius 3 is 2.52 bits per heavy atom. The summed E-state index contributed by atoms with van der Waals surface area (Å²) in [7, 11) is 0. The molecule has 1 N–H and O–H groups in total. The number of nitrogens with zero attached hydrogens (tertiary/aromatic N) is 1. The van der Waals surface area contributed by atoms with Gasteiger partial charge >= 0.3 is 6.18 Å². The van der Waals surface area contributed by atoms with E-state index >= 15 is 0 Å². The first kappa shape index (κ1) is 21.1. The van der Waals surface area contributed by atoms with Crippen molar-refractivity contribution in [3.05, 3.63) is 71.0 Å². The quantitative estimate of drug-likeness (QED) is 0.554. The number of alkyl halides is 3. The van der Waals surface area contributed by atoms with Crippen LogP contribution in [0.15, 0.2) is 48.5 Å². The number of carbonyl (C=O) groups is 1. The zero-order valence-corrected chi connectivity index (χ0v) is 16.7. The van der Waals surface area contributed by atoms with Crippen molar-refractivity contribution in [2.45, 2.75) is 13.1 Å². The predicted molar refractivity (Wildman–Crippen MR) is 110 cm³/mol. The summed E-state index contributed by atoms with van der Waals surface area (Å²) in [4.78, 5) is 14.8. The summed E-state index contributed by atoms with van der Waals surface area (Å²) >= 11 is 0. The van der Waals surface area contributed by atoms with E-state index in [2.05, 4.69) is 5.32 Å². The number of nitrogens with one attached hydrogen (secondary N) is 1. The van der Waals surface area contributed by atoms with Crippen LogP contribution in [0.25, 0.3) is 10.8 Å². The molecule has 1 heterocycles. The standard InChI is InChI=1S/C23H20F4N2O2/c1-14-3-2-4-16-20(28-15-5-7-19(24)18(13-15)23(25,26)27)8-6-17(21(14)16)22(30)29-9-11-31-12-10-29/h2-8,13,28H,9-12H2,1H3. The average Bonchev–Trinajstić information content (AvgIpc) is 2.75. The van der Waals surface area contributed by atoms with Crippen LogP contribution in [0.3, 0.4) is 0 Å². The van der Waals surface area contributed by atoms with Crippen molar-refractivity contribution >= 4 is 28.1 Å². The summed E-state index contributed by atoms with van der Waals surface area (Å²) in [6.07, 6.45) is -4.80. The van der Waals surface area contributed by atoms with Gasteiger partial charge in [0, 0.05) is 35.4 Å². The molecule has 0 radical (unpaired) electrons. The van der Waals surface area contributed by atoms with E-state index in [1.165, 1.54) is 6.07 Å². The van der Waals surface area contributed by atoms with Crippen LogP contribution < -0.4 is 5.32 Å². The molecule has 0 spiro atoms.